The van der Waals surface area contributed by atoms with E-state index in [2.05, 4.69) is 10.4 Å². The number of carbonyl (C=O) groups is 1. The fourth-order valence-corrected chi connectivity index (χ4v) is 2.85. The normalized spacial score (nSPS) is 16.7. The number of anilines is 2. The highest BCUT2D eigenvalue weighted by Crippen LogP contribution is 2.33. The molecular weight excluding hydrogens is 288 g/mol. The van der Waals surface area contributed by atoms with Crippen molar-refractivity contribution in [1.29, 1.82) is 0 Å². The first-order valence-corrected chi connectivity index (χ1v) is 7.04. The van der Waals surface area contributed by atoms with Crippen LogP contribution >= 0.6 is 11.6 Å². The van der Waals surface area contributed by atoms with Crippen molar-refractivity contribution < 1.29 is 4.79 Å². The topological polar surface area (TPSA) is 71.2 Å². The van der Waals surface area contributed by atoms with E-state index in [1.807, 2.05) is 31.2 Å². The summed E-state index contributed by atoms with van der Waals surface area (Å²) in [4.78, 5) is 18.7. The van der Waals surface area contributed by atoms with Crippen LogP contribution in [0.15, 0.2) is 36.4 Å². The second kappa shape index (κ2) is 5.35. The third kappa shape index (κ3) is 2.34. The molecule has 0 radical (unpaired) electrons. The zero-order chi connectivity index (χ0) is 15.0. The van der Waals surface area contributed by atoms with Crippen molar-refractivity contribution >= 4 is 29.0 Å². The number of fused-ring (bicyclic) bond motifs is 1. The van der Waals surface area contributed by atoms with Gasteiger partial charge in [-0.15, -0.1) is 0 Å². The van der Waals surface area contributed by atoms with Gasteiger partial charge in [-0.3, -0.25) is 4.79 Å². The Bertz CT molecular complexity index is 704. The molecule has 0 saturated carbocycles. The molecule has 6 heteroatoms. The van der Waals surface area contributed by atoms with E-state index in [4.69, 9.17) is 17.4 Å². The Morgan fingerprint density at radius 1 is 1.38 bits per heavy atom. The summed E-state index contributed by atoms with van der Waals surface area (Å²) >= 11 is 6.12. The Kier molecular flexibility index (Phi) is 3.53. The molecule has 0 fully saturated rings. The lowest BCUT2D eigenvalue weighted by molar-refractivity contribution is 0.0977. The van der Waals surface area contributed by atoms with Crippen LogP contribution in [0.1, 0.15) is 23.0 Å². The Hall–Kier alpha value is -2.11. The van der Waals surface area contributed by atoms with Crippen molar-refractivity contribution in [2.45, 2.75) is 19.4 Å². The van der Waals surface area contributed by atoms with E-state index in [-0.39, 0.29) is 17.6 Å². The molecule has 5 nitrogen and oxygen atoms in total. The zero-order valence-electron chi connectivity index (χ0n) is 11.5. The monoisotopic (exact) mass is 302 g/mol. The van der Waals surface area contributed by atoms with Crippen molar-refractivity contribution in [1.82, 2.24) is 4.98 Å². The maximum atomic E-state index is 12.8. The first-order chi connectivity index (χ1) is 10.1. The van der Waals surface area contributed by atoms with Gasteiger partial charge in [-0.2, -0.15) is 0 Å². The van der Waals surface area contributed by atoms with Crippen LogP contribution in [0.5, 0.6) is 0 Å². The number of nitrogen functional groups attached to an aromatic ring is 1. The second-order valence-corrected chi connectivity index (χ2v) is 5.44. The Balaban J connectivity index is 2.03. The van der Waals surface area contributed by atoms with Crippen molar-refractivity contribution in [3.8, 4) is 0 Å². The number of benzene rings is 1. The molecule has 1 aromatic heterocycles. The van der Waals surface area contributed by atoms with Gasteiger partial charge in [0.15, 0.2) is 0 Å². The fraction of sp³-hybridized carbons (Fsp3) is 0.200. The molecule has 1 aliphatic heterocycles. The number of para-hydroxylation sites is 1. The predicted molar refractivity (Wildman–Crippen MR) is 83.5 cm³/mol. The molecule has 0 bridgehead atoms. The van der Waals surface area contributed by atoms with Crippen LogP contribution in [-0.4, -0.2) is 16.9 Å². The third-order valence-corrected chi connectivity index (χ3v) is 3.93. The minimum absolute atomic E-state index is 0.0715. The van der Waals surface area contributed by atoms with E-state index in [9.17, 15) is 4.79 Å². The van der Waals surface area contributed by atoms with Gasteiger partial charge in [0.05, 0.1) is 5.02 Å². The van der Waals surface area contributed by atoms with E-state index in [1.54, 1.807) is 17.0 Å². The molecule has 1 aliphatic rings. The predicted octanol–water partition coefficient (Wildman–Crippen LogP) is 2.61. The summed E-state index contributed by atoms with van der Waals surface area (Å²) < 4.78 is 0. The molecule has 1 unspecified atom stereocenters. The van der Waals surface area contributed by atoms with Gasteiger partial charge in [0.1, 0.15) is 11.5 Å². The smallest absolute Gasteiger partial charge is 0.278 e. The number of nitrogens with zero attached hydrogens (tertiary/aromatic N) is 2. The van der Waals surface area contributed by atoms with Crippen LogP contribution in [0.25, 0.3) is 0 Å². The lowest BCUT2D eigenvalue weighted by Crippen LogP contribution is -2.36. The van der Waals surface area contributed by atoms with Gasteiger partial charge in [0, 0.05) is 11.7 Å². The second-order valence-electron chi connectivity index (χ2n) is 5.03. The quantitative estimate of drug-likeness (QED) is 0.661. The summed E-state index contributed by atoms with van der Waals surface area (Å²) in [5, 5.41) is 0.315. The van der Waals surface area contributed by atoms with Crippen molar-refractivity contribution in [3.63, 3.8) is 0 Å². The summed E-state index contributed by atoms with van der Waals surface area (Å²) in [5.74, 6) is 5.54. The Morgan fingerprint density at radius 3 is 2.90 bits per heavy atom. The zero-order valence-corrected chi connectivity index (χ0v) is 12.3. The van der Waals surface area contributed by atoms with Gasteiger partial charge in [-0.25, -0.2) is 10.8 Å². The summed E-state index contributed by atoms with van der Waals surface area (Å²) in [6.07, 6.45) is 0.828. The van der Waals surface area contributed by atoms with Gasteiger partial charge in [-0.05, 0) is 37.1 Å². The number of rotatable bonds is 2. The highest BCUT2D eigenvalue weighted by Gasteiger charge is 2.32. The summed E-state index contributed by atoms with van der Waals surface area (Å²) in [7, 11) is 0. The third-order valence-electron chi connectivity index (χ3n) is 3.62. The van der Waals surface area contributed by atoms with Crippen LogP contribution in [0.2, 0.25) is 5.02 Å². The number of aromatic nitrogens is 1. The minimum atomic E-state index is -0.213. The van der Waals surface area contributed by atoms with E-state index < -0.39 is 0 Å². The number of pyridine rings is 1. The number of hydrogen-bond acceptors (Lipinski definition) is 4. The molecule has 0 spiro atoms. The maximum absolute atomic E-state index is 12.8. The Morgan fingerprint density at radius 2 is 2.14 bits per heavy atom. The van der Waals surface area contributed by atoms with E-state index >= 15 is 0 Å². The fourth-order valence-electron chi connectivity index (χ4n) is 2.66. The lowest BCUT2D eigenvalue weighted by atomic mass is 10.1. The number of nitrogens with two attached hydrogens (primary N) is 1. The standard InChI is InChI=1S/C15H15ClN4O/c1-9-8-10-4-2-3-5-12(10)20(9)15(21)14-11(16)6-7-13(18-14)19-17/h2-7,9H,8,17H2,1H3,(H,18,19). The molecule has 0 aliphatic carbocycles. The molecule has 21 heavy (non-hydrogen) atoms. The van der Waals surface area contributed by atoms with Crippen LogP contribution in [0.4, 0.5) is 11.5 Å². The largest absolute Gasteiger partial charge is 0.308 e. The average Bonchev–Trinajstić information content (AvgIpc) is 2.83. The summed E-state index contributed by atoms with van der Waals surface area (Å²) in [6.45, 7) is 2.01. The molecule has 0 saturated heterocycles. The molecule has 1 amide bonds. The number of amides is 1. The number of hydrogen-bond donors (Lipinski definition) is 2. The van der Waals surface area contributed by atoms with Crippen molar-refractivity contribution in [3.05, 3.63) is 52.7 Å². The number of carbonyl (C=O) groups excluding carboxylic acids is 1. The highest BCUT2D eigenvalue weighted by molar-refractivity contribution is 6.34. The number of nitrogens with one attached hydrogen (secondary N) is 1. The van der Waals surface area contributed by atoms with E-state index in [0.29, 0.717) is 10.8 Å². The van der Waals surface area contributed by atoms with Gasteiger partial charge in [0.25, 0.3) is 5.91 Å². The first kappa shape index (κ1) is 13.9. The van der Waals surface area contributed by atoms with Gasteiger partial charge < -0.3 is 10.3 Å². The minimum Gasteiger partial charge on any atom is -0.308 e. The van der Waals surface area contributed by atoms with E-state index in [0.717, 1.165) is 17.7 Å². The van der Waals surface area contributed by atoms with Crippen LogP contribution in [0.3, 0.4) is 0 Å². The molecule has 1 atom stereocenters. The molecule has 1 aromatic carbocycles. The highest BCUT2D eigenvalue weighted by atomic mass is 35.5. The number of halogens is 1. The van der Waals surface area contributed by atoms with Gasteiger partial charge in [-0.1, -0.05) is 29.8 Å². The molecule has 3 N–H and O–H groups in total. The van der Waals surface area contributed by atoms with E-state index in [1.165, 1.54) is 0 Å². The van der Waals surface area contributed by atoms with Crippen molar-refractivity contribution in [2.75, 3.05) is 10.3 Å². The average molecular weight is 303 g/mol. The maximum Gasteiger partial charge on any atom is 0.278 e. The summed E-state index contributed by atoms with van der Waals surface area (Å²) in [6, 6.07) is 11.2. The van der Waals surface area contributed by atoms with Crippen LogP contribution < -0.4 is 16.2 Å². The summed E-state index contributed by atoms with van der Waals surface area (Å²) in [5.41, 5.74) is 4.71. The van der Waals surface area contributed by atoms with Crippen molar-refractivity contribution in [2.24, 2.45) is 5.84 Å². The van der Waals surface area contributed by atoms with Gasteiger partial charge in [0.2, 0.25) is 0 Å². The van der Waals surface area contributed by atoms with Crippen LogP contribution in [-0.2, 0) is 6.42 Å². The van der Waals surface area contributed by atoms with Gasteiger partial charge >= 0.3 is 0 Å². The molecule has 2 aromatic rings. The molecule has 108 valence electrons. The lowest BCUT2D eigenvalue weighted by Gasteiger charge is -2.22. The Labute approximate surface area is 127 Å². The van der Waals surface area contributed by atoms with Crippen LogP contribution in [0, 0.1) is 0 Å². The molecular formula is C15H15ClN4O. The molecule has 3 rings (SSSR count). The SMILES string of the molecule is CC1Cc2ccccc2N1C(=O)c1nc(NN)ccc1Cl. The number of hydrazine groups is 1. The first-order valence-electron chi connectivity index (χ1n) is 6.66. The molecule has 2 heterocycles.